The highest BCUT2D eigenvalue weighted by Gasteiger charge is 2.14. The van der Waals surface area contributed by atoms with Crippen LogP contribution in [0.5, 0.6) is 17.2 Å². The van der Waals surface area contributed by atoms with E-state index in [9.17, 15) is 4.79 Å². The van der Waals surface area contributed by atoms with E-state index >= 15 is 0 Å². The first-order valence-corrected chi connectivity index (χ1v) is 8.47. The molecule has 0 saturated heterocycles. The number of carbonyl (C=O) groups excluding carboxylic acids is 1. The molecule has 2 aromatic rings. The third kappa shape index (κ3) is 5.67. The molecular formula is C19H21ClN2O4. The minimum absolute atomic E-state index is 0.378. The van der Waals surface area contributed by atoms with Gasteiger partial charge in [-0.15, -0.1) is 0 Å². The summed E-state index contributed by atoms with van der Waals surface area (Å²) in [5.41, 5.74) is 3.14. The second-order valence-electron chi connectivity index (χ2n) is 5.29. The van der Waals surface area contributed by atoms with Crippen molar-refractivity contribution in [3.63, 3.8) is 0 Å². The topological polar surface area (TPSA) is 69.2 Å². The highest BCUT2D eigenvalue weighted by Crippen LogP contribution is 2.22. The van der Waals surface area contributed by atoms with Crippen molar-refractivity contribution < 1.29 is 19.0 Å². The normalized spacial score (nSPS) is 11.8. The van der Waals surface area contributed by atoms with E-state index in [1.807, 2.05) is 6.92 Å². The van der Waals surface area contributed by atoms with Crippen molar-refractivity contribution in [1.29, 1.82) is 0 Å². The molecule has 0 aliphatic rings. The Bertz CT molecular complexity index is 763. The van der Waals surface area contributed by atoms with Gasteiger partial charge in [0, 0.05) is 10.6 Å². The Balaban J connectivity index is 1.98. The molecule has 1 atom stereocenters. The van der Waals surface area contributed by atoms with Crippen LogP contribution in [0.15, 0.2) is 47.6 Å². The number of methoxy groups -OCH3 is 1. The first kappa shape index (κ1) is 19.6. The van der Waals surface area contributed by atoms with Crippen molar-refractivity contribution >= 4 is 23.7 Å². The van der Waals surface area contributed by atoms with Crippen LogP contribution in [0.2, 0.25) is 5.02 Å². The van der Waals surface area contributed by atoms with E-state index in [2.05, 4.69) is 10.5 Å². The van der Waals surface area contributed by atoms with E-state index in [-0.39, 0.29) is 5.91 Å². The molecule has 1 amide bonds. The van der Waals surface area contributed by atoms with Gasteiger partial charge in [-0.2, -0.15) is 5.10 Å². The number of halogens is 1. The van der Waals surface area contributed by atoms with Gasteiger partial charge in [0.1, 0.15) is 17.2 Å². The predicted octanol–water partition coefficient (Wildman–Crippen LogP) is 3.66. The molecule has 138 valence electrons. The van der Waals surface area contributed by atoms with E-state index in [4.69, 9.17) is 25.8 Å². The summed E-state index contributed by atoms with van der Waals surface area (Å²) in [5, 5.41) is 4.57. The van der Waals surface area contributed by atoms with Gasteiger partial charge in [0.15, 0.2) is 6.10 Å². The zero-order valence-electron chi connectivity index (χ0n) is 14.9. The molecule has 6 nitrogen and oxygen atoms in total. The number of benzene rings is 2. The smallest absolute Gasteiger partial charge is 0.280 e. The first-order valence-electron chi connectivity index (χ1n) is 8.09. The number of rotatable bonds is 8. The van der Waals surface area contributed by atoms with Crippen molar-refractivity contribution in [3.05, 3.63) is 53.1 Å². The lowest BCUT2D eigenvalue weighted by atomic mass is 10.2. The maximum atomic E-state index is 12.1. The van der Waals surface area contributed by atoms with Crippen molar-refractivity contribution in [2.24, 2.45) is 5.10 Å². The molecule has 0 aromatic heterocycles. The van der Waals surface area contributed by atoms with Crippen molar-refractivity contribution in [1.82, 2.24) is 5.43 Å². The van der Waals surface area contributed by atoms with Gasteiger partial charge < -0.3 is 14.2 Å². The Morgan fingerprint density at radius 2 is 1.92 bits per heavy atom. The van der Waals surface area contributed by atoms with Crippen LogP contribution in [-0.4, -0.2) is 31.9 Å². The molecule has 0 bridgehead atoms. The Morgan fingerprint density at radius 3 is 2.58 bits per heavy atom. The Morgan fingerprint density at radius 1 is 1.23 bits per heavy atom. The summed E-state index contributed by atoms with van der Waals surface area (Å²) in [4.78, 5) is 12.1. The summed E-state index contributed by atoms with van der Waals surface area (Å²) in [6.45, 7) is 4.05. The molecule has 1 N–H and O–H groups in total. The van der Waals surface area contributed by atoms with Gasteiger partial charge in [0.2, 0.25) is 0 Å². The van der Waals surface area contributed by atoms with E-state index in [0.717, 1.165) is 0 Å². The first-order chi connectivity index (χ1) is 12.5. The molecule has 1 unspecified atom stereocenters. The number of hydrogen-bond donors (Lipinski definition) is 1. The SMILES string of the molecule is CCOc1ccc(OC)cc1C=NNC(=O)C(C)Oc1ccc(Cl)cc1. The average molecular weight is 377 g/mol. The molecule has 0 heterocycles. The zero-order chi connectivity index (χ0) is 18.9. The van der Waals surface area contributed by atoms with E-state index in [1.165, 1.54) is 6.21 Å². The summed E-state index contributed by atoms with van der Waals surface area (Å²) in [5.74, 6) is 1.49. The summed E-state index contributed by atoms with van der Waals surface area (Å²) in [6.07, 6.45) is 0.783. The number of nitrogens with zero attached hydrogens (tertiary/aromatic N) is 1. The fourth-order valence-electron chi connectivity index (χ4n) is 2.07. The van der Waals surface area contributed by atoms with Gasteiger partial charge in [0.05, 0.1) is 19.9 Å². The maximum Gasteiger partial charge on any atom is 0.280 e. The summed E-state index contributed by atoms with van der Waals surface area (Å²) >= 11 is 5.82. The molecule has 0 radical (unpaired) electrons. The molecule has 26 heavy (non-hydrogen) atoms. The van der Waals surface area contributed by atoms with Crippen LogP contribution in [0.4, 0.5) is 0 Å². The van der Waals surface area contributed by atoms with Crippen molar-refractivity contribution in [2.45, 2.75) is 20.0 Å². The van der Waals surface area contributed by atoms with Gasteiger partial charge in [-0.1, -0.05) is 11.6 Å². The Kier molecular flexibility index (Phi) is 7.29. The van der Waals surface area contributed by atoms with Crippen LogP contribution >= 0.6 is 11.6 Å². The standard InChI is InChI=1S/C19H21ClN2O4/c1-4-25-18-10-9-17(24-3)11-14(18)12-21-22-19(23)13(2)26-16-7-5-15(20)6-8-16/h5-13H,4H2,1-3H3,(H,22,23). The lowest BCUT2D eigenvalue weighted by Gasteiger charge is -2.13. The van der Waals surface area contributed by atoms with Gasteiger partial charge in [0.25, 0.3) is 5.91 Å². The molecule has 2 aromatic carbocycles. The monoisotopic (exact) mass is 376 g/mol. The van der Waals surface area contributed by atoms with Crippen LogP contribution in [0, 0.1) is 0 Å². The van der Waals surface area contributed by atoms with Crippen LogP contribution in [-0.2, 0) is 4.79 Å². The maximum absolute atomic E-state index is 12.1. The lowest BCUT2D eigenvalue weighted by Crippen LogP contribution is -2.33. The molecule has 0 saturated carbocycles. The van der Waals surface area contributed by atoms with Crippen LogP contribution in [0.25, 0.3) is 0 Å². The molecule has 0 aliphatic carbocycles. The highest BCUT2D eigenvalue weighted by molar-refractivity contribution is 6.30. The van der Waals surface area contributed by atoms with E-state index < -0.39 is 6.10 Å². The van der Waals surface area contributed by atoms with Gasteiger partial charge in [-0.05, 0) is 56.3 Å². The molecule has 0 aliphatic heterocycles. The third-order valence-electron chi connectivity index (χ3n) is 3.39. The number of ether oxygens (including phenoxy) is 3. The average Bonchev–Trinajstić information content (AvgIpc) is 2.64. The lowest BCUT2D eigenvalue weighted by molar-refractivity contribution is -0.127. The highest BCUT2D eigenvalue weighted by atomic mass is 35.5. The molecule has 2 rings (SSSR count). The minimum Gasteiger partial charge on any atom is -0.497 e. The molecule has 0 spiro atoms. The number of hydrazone groups is 1. The number of nitrogens with one attached hydrogen (secondary N) is 1. The van der Waals surface area contributed by atoms with Gasteiger partial charge in [-0.3, -0.25) is 4.79 Å². The van der Waals surface area contributed by atoms with E-state index in [0.29, 0.717) is 34.4 Å². The number of hydrogen-bond acceptors (Lipinski definition) is 5. The molecule has 0 fully saturated rings. The number of amides is 1. The Hall–Kier alpha value is -2.73. The third-order valence-corrected chi connectivity index (χ3v) is 3.64. The van der Waals surface area contributed by atoms with Crippen molar-refractivity contribution in [2.75, 3.05) is 13.7 Å². The van der Waals surface area contributed by atoms with Crippen molar-refractivity contribution in [3.8, 4) is 17.2 Å². The van der Waals surface area contributed by atoms with E-state index in [1.54, 1.807) is 56.5 Å². The second kappa shape index (κ2) is 9.68. The van der Waals surface area contributed by atoms with Gasteiger partial charge >= 0.3 is 0 Å². The Labute approximate surface area is 157 Å². The zero-order valence-corrected chi connectivity index (χ0v) is 15.6. The van der Waals surface area contributed by atoms with Gasteiger partial charge in [-0.25, -0.2) is 5.43 Å². The predicted molar refractivity (Wildman–Crippen MR) is 101 cm³/mol. The quantitative estimate of drug-likeness (QED) is 0.563. The fourth-order valence-corrected chi connectivity index (χ4v) is 2.19. The number of carbonyl (C=O) groups is 1. The summed E-state index contributed by atoms with van der Waals surface area (Å²) in [6, 6.07) is 12.1. The molecule has 7 heteroatoms. The largest absolute Gasteiger partial charge is 0.497 e. The van der Waals surface area contributed by atoms with Crippen LogP contribution in [0.1, 0.15) is 19.4 Å². The summed E-state index contributed by atoms with van der Waals surface area (Å²) in [7, 11) is 1.58. The minimum atomic E-state index is -0.718. The molecular weight excluding hydrogens is 356 g/mol. The van der Waals surface area contributed by atoms with Crippen LogP contribution < -0.4 is 19.6 Å². The van der Waals surface area contributed by atoms with Crippen LogP contribution in [0.3, 0.4) is 0 Å². The summed E-state index contributed by atoms with van der Waals surface area (Å²) < 4.78 is 16.3. The fraction of sp³-hybridized carbons (Fsp3) is 0.263. The second-order valence-corrected chi connectivity index (χ2v) is 5.72.